The summed E-state index contributed by atoms with van der Waals surface area (Å²) in [6.07, 6.45) is 0.968. The monoisotopic (exact) mass is 250 g/mol. The van der Waals surface area contributed by atoms with Crippen LogP contribution in [0.3, 0.4) is 0 Å². The molecule has 0 spiro atoms. The van der Waals surface area contributed by atoms with Crippen LogP contribution >= 0.6 is 0 Å². The average molecular weight is 250 g/mol. The van der Waals surface area contributed by atoms with Gasteiger partial charge in [0.2, 0.25) is 0 Å². The van der Waals surface area contributed by atoms with Gasteiger partial charge in [-0.15, -0.1) is 0 Å². The molecular weight excluding hydrogens is 228 g/mol. The van der Waals surface area contributed by atoms with Gasteiger partial charge in [0.25, 0.3) is 10.2 Å². The minimum absolute atomic E-state index is 0.373. The first-order valence-corrected chi connectivity index (χ1v) is 6.97. The Labute approximate surface area is 98.0 Å². The quantitative estimate of drug-likeness (QED) is 0.748. The van der Waals surface area contributed by atoms with Crippen LogP contribution in [0.1, 0.15) is 40.5 Å². The Hall–Kier alpha value is -0.170. The molecule has 96 valence electrons. The highest BCUT2D eigenvalue weighted by molar-refractivity contribution is 7.87. The van der Waals surface area contributed by atoms with Crippen LogP contribution in [0.15, 0.2) is 0 Å². The molecule has 0 aromatic heterocycles. The highest BCUT2D eigenvalue weighted by Crippen LogP contribution is 2.23. The third kappa shape index (κ3) is 4.01. The van der Waals surface area contributed by atoms with E-state index in [0.717, 1.165) is 0 Å². The van der Waals surface area contributed by atoms with Crippen molar-refractivity contribution in [1.29, 1.82) is 0 Å². The first-order chi connectivity index (χ1) is 7.02. The predicted octanol–water partition coefficient (Wildman–Crippen LogP) is 0.466. The van der Waals surface area contributed by atoms with E-state index in [1.807, 2.05) is 20.8 Å². The molecule has 6 heteroatoms. The number of piperidine rings is 1. The van der Waals surface area contributed by atoms with E-state index in [1.165, 1.54) is 4.31 Å². The molecule has 0 aromatic carbocycles. The lowest BCUT2D eigenvalue weighted by Gasteiger charge is -2.36. The normalized spacial score (nSPS) is 23.3. The van der Waals surface area contributed by atoms with Crippen molar-refractivity contribution in [2.75, 3.05) is 13.1 Å². The Morgan fingerprint density at radius 2 is 1.69 bits per heavy atom. The van der Waals surface area contributed by atoms with Gasteiger partial charge in [-0.1, -0.05) is 0 Å². The first kappa shape index (κ1) is 13.9. The van der Waals surface area contributed by atoms with Gasteiger partial charge in [0.1, 0.15) is 0 Å². The fraction of sp³-hybridized carbons (Fsp3) is 1.00. The minimum atomic E-state index is -3.42. The average Bonchev–Trinajstić information content (AvgIpc) is 1.98. The maximum absolute atomic E-state index is 11.9. The zero-order chi connectivity index (χ0) is 12.6. The molecular formula is C10H22N2O3S. The smallest absolute Gasteiger partial charge is 0.279 e. The maximum Gasteiger partial charge on any atom is 0.279 e. The molecule has 1 aliphatic heterocycles. The van der Waals surface area contributed by atoms with Crippen molar-refractivity contribution in [2.45, 2.75) is 51.7 Å². The van der Waals surface area contributed by atoms with Gasteiger partial charge in [0.05, 0.1) is 5.60 Å². The second-order valence-electron chi connectivity index (χ2n) is 5.75. The summed E-state index contributed by atoms with van der Waals surface area (Å²) in [7, 11) is -3.42. The number of aliphatic hydroxyl groups is 1. The first-order valence-electron chi connectivity index (χ1n) is 5.53. The summed E-state index contributed by atoms with van der Waals surface area (Å²) in [5.41, 5.74) is -1.20. The molecule has 0 bridgehead atoms. The van der Waals surface area contributed by atoms with Gasteiger partial charge in [-0.3, -0.25) is 0 Å². The van der Waals surface area contributed by atoms with Crippen LogP contribution in [0.5, 0.6) is 0 Å². The second kappa shape index (κ2) is 4.25. The van der Waals surface area contributed by atoms with Gasteiger partial charge in [-0.25, -0.2) is 0 Å². The van der Waals surface area contributed by atoms with Crippen molar-refractivity contribution >= 4 is 10.2 Å². The van der Waals surface area contributed by atoms with Gasteiger partial charge in [0.15, 0.2) is 0 Å². The van der Waals surface area contributed by atoms with Crippen LogP contribution in [0.25, 0.3) is 0 Å². The molecule has 1 aliphatic rings. The maximum atomic E-state index is 11.9. The second-order valence-corrected chi connectivity index (χ2v) is 7.42. The van der Waals surface area contributed by atoms with Crippen LogP contribution in [0.4, 0.5) is 0 Å². The third-order valence-electron chi connectivity index (χ3n) is 2.57. The van der Waals surface area contributed by atoms with E-state index >= 15 is 0 Å². The summed E-state index contributed by atoms with van der Waals surface area (Å²) in [5.74, 6) is 0. The van der Waals surface area contributed by atoms with Gasteiger partial charge < -0.3 is 5.11 Å². The highest BCUT2D eigenvalue weighted by atomic mass is 32.2. The van der Waals surface area contributed by atoms with E-state index in [4.69, 9.17) is 0 Å². The topological polar surface area (TPSA) is 69.6 Å². The third-order valence-corrected chi connectivity index (χ3v) is 4.49. The summed E-state index contributed by atoms with van der Waals surface area (Å²) >= 11 is 0. The minimum Gasteiger partial charge on any atom is -0.390 e. The summed E-state index contributed by atoms with van der Waals surface area (Å²) < 4.78 is 27.9. The lowest BCUT2D eigenvalue weighted by molar-refractivity contribution is 0.0123. The molecule has 0 aliphatic carbocycles. The van der Waals surface area contributed by atoms with Crippen LogP contribution in [0.2, 0.25) is 0 Å². The molecule has 1 rings (SSSR count). The lowest BCUT2D eigenvalue weighted by Crippen LogP contribution is -2.53. The molecule has 2 N–H and O–H groups in total. The fourth-order valence-corrected chi connectivity index (χ4v) is 3.23. The lowest BCUT2D eigenvalue weighted by atomic mass is 9.95. The number of rotatable bonds is 2. The van der Waals surface area contributed by atoms with E-state index in [-0.39, 0.29) is 0 Å². The summed E-state index contributed by atoms with van der Waals surface area (Å²) in [4.78, 5) is 0. The molecule has 1 saturated heterocycles. The molecule has 0 amide bonds. The Bertz CT molecular complexity index is 334. The van der Waals surface area contributed by atoms with Crippen LogP contribution in [0, 0.1) is 0 Å². The van der Waals surface area contributed by atoms with Gasteiger partial charge in [-0.2, -0.15) is 17.4 Å². The molecule has 0 saturated carbocycles. The number of hydrogen-bond acceptors (Lipinski definition) is 3. The van der Waals surface area contributed by atoms with Crippen molar-refractivity contribution < 1.29 is 13.5 Å². The number of nitrogens with one attached hydrogen (secondary N) is 1. The van der Waals surface area contributed by atoms with Gasteiger partial charge >= 0.3 is 0 Å². The van der Waals surface area contributed by atoms with Gasteiger partial charge in [0, 0.05) is 18.6 Å². The molecule has 0 aromatic rings. The standard InChI is InChI=1S/C10H22N2O3S/c1-9(2,3)11-16(14,15)12-7-5-10(4,13)6-8-12/h11,13H,5-8H2,1-4H3. The zero-order valence-electron chi connectivity index (χ0n) is 10.4. The van der Waals surface area contributed by atoms with Crippen molar-refractivity contribution in [3.63, 3.8) is 0 Å². The van der Waals surface area contributed by atoms with E-state index in [2.05, 4.69) is 4.72 Å². The summed E-state index contributed by atoms with van der Waals surface area (Å²) in [6, 6.07) is 0. The van der Waals surface area contributed by atoms with Gasteiger partial charge in [-0.05, 0) is 40.5 Å². The van der Waals surface area contributed by atoms with Crippen LogP contribution in [-0.4, -0.2) is 42.1 Å². The van der Waals surface area contributed by atoms with Crippen molar-refractivity contribution in [3.8, 4) is 0 Å². The Balaban J connectivity index is 2.66. The molecule has 1 heterocycles. The summed E-state index contributed by atoms with van der Waals surface area (Å²) in [6.45, 7) is 7.92. The van der Waals surface area contributed by atoms with Crippen LogP contribution in [-0.2, 0) is 10.2 Å². The molecule has 16 heavy (non-hydrogen) atoms. The Kier molecular flexibility index (Phi) is 3.69. The van der Waals surface area contributed by atoms with E-state index < -0.39 is 21.3 Å². The van der Waals surface area contributed by atoms with Crippen LogP contribution < -0.4 is 4.72 Å². The highest BCUT2D eigenvalue weighted by Gasteiger charge is 2.34. The fourth-order valence-electron chi connectivity index (χ4n) is 1.66. The molecule has 0 atom stereocenters. The zero-order valence-corrected chi connectivity index (χ0v) is 11.3. The van der Waals surface area contributed by atoms with Crippen molar-refractivity contribution in [1.82, 2.24) is 9.03 Å². The number of hydrogen-bond donors (Lipinski definition) is 2. The van der Waals surface area contributed by atoms with Crippen molar-refractivity contribution in [3.05, 3.63) is 0 Å². The summed E-state index contributed by atoms with van der Waals surface area (Å²) in [5, 5.41) is 9.75. The SMILES string of the molecule is CC1(O)CCN(S(=O)(=O)NC(C)(C)C)CC1. The van der Waals surface area contributed by atoms with Crippen molar-refractivity contribution in [2.24, 2.45) is 0 Å². The largest absolute Gasteiger partial charge is 0.390 e. The molecule has 5 nitrogen and oxygen atoms in total. The van der Waals surface area contributed by atoms with E-state index in [0.29, 0.717) is 25.9 Å². The number of nitrogens with zero attached hydrogens (tertiary/aromatic N) is 1. The van der Waals surface area contributed by atoms with E-state index in [1.54, 1.807) is 6.92 Å². The molecule has 0 unspecified atom stereocenters. The Morgan fingerprint density at radius 1 is 1.25 bits per heavy atom. The predicted molar refractivity (Wildman–Crippen MR) is 63.2 cm³/mol. The molecule has 1 fully saturated rings. The Morgan fingerprint density at radius 3 is 2.06 bits per heavy atom. The molecule has 0 radical (unpaired) electrons. The van der Waals surface area contributed by atoms with E-state index in [9.17, 15) is 13.5 Å².